The molecular formula is C14H20N2O2. The summed E-state index contributed by atoms with van der Waals surface area (Å²) < 4.78 is 0. The molecule has 1 heterocycles. The highest BCUT2D eigenvalue weighted by Gasteiger charge is 2.09. The summed E-state index contributed by atoms with van der Waals surface area (Å²) in [5.41, 5.74) is 2.42. The third kappa shape index (κ3) is 3.10. The standard InChI is InChI=1S/C14H20N2O2/c1-10(15-8-12(18)9-17)6-11-7-16-14-5-3-2-4-13(11)14/h2-5,7,10,12,15-18H,6,8-9H2,1H3/t10?,12-/m0/s1. The quantitative estimate of drug-likeness (QED) is 0.617. The molecule has 0 fully saturated rings. The fourth-order valence-electron chi connectivity index (χ4n) is 2.10. The van der Waals surface area contributed by atoms with E-state index >= 15 is 0 Å². The van der Waals surface area contributed by atoms with Crippen LogP contribution in [0.2, 0.25) is 0 Å². The molecule has 1 unspecified atom stereocenters. The predicted octanol–water partition coefficient (Wildman–Crippen LogP) is 1.04. The van der Waals surface area contributed by atoms with Crippen molar-refractivity contribution in [3.8, 4) is 0 Å². The maximum atomic E-state index is 9.29. The van der Waals surface area contributed by atoms with Crippen molar-refractivity contribution < 1.29 is 10.2 Å². The molecule has 0 aliphatic heterocycles. The average Bonchev–Trinajstić information content (AvgIpc) is 2.79. The molecule has 0 radical (unpaired) electrons. The smallest absolute Gasteiger partial charge is 0.0895 e. The second kappa shape index (κ2) is 6.00. The van der Waals surface area contributed by atoms with Gasteiger partial charge in [0.25, 0.3) is 0 Å². The Bertz CT molecular complexity index is 495. The van der Waals surface area contributed by atoms with Gasteiger partial charge in [0.15, 0.2) is 0 Å². The minimum Gasteiger partial charge on any atom is -0.394 e. The molecule has 0 bridgehead atoms. The molecule has 0 saturated carbocycles. The molecule has 1 aromatic heterocycles. The van der Waals surface area contributed by atoms with Crippen molar-refractivity contribution in [2.24, 2.45) is 0 Å². The van der Waals surface area contributed by atoms with Crippen LogP contribution in [0.5, 0.6) is 0 Å². The summed E-state index contributed by atoms with van der Waals surface area (Å²) >= 11 is 0. The van der Waals surface area contributed by atoms with E-state index in [4.69, 9.17) is 5.11 Å². The molecule has 2 aromatic rings. The Morgan fingerprint density at radius 3 is 2.89 bits per heavy atom. The van der Waals surface area contributed by atoms with Crippen molar-refractivity contribution >= 4 is 10.9 Å². The molecule has 0 aliphatic carbocycles. The first-order chi connectivity index (χ1) is 8.70. The summed E-state index contributed by atoms with van der Waals surface area (Å²) in [6.07, 6.45) is 2.24. The highest BCUT2D eigenvalue weighted by molar-refractivity contribution is 5.83. The van der Waals surface area contributed by atoms with Gasteiger partial charge in [-0.2, -0.15) is 0 Å². The summed E-state index contributed by atoms with van der Waals surface area (Å²) in [7, 11) is 0. The largest absolute Gasteiger partial charge is 0.394 e. The van der Waals surface area contributed by atoms with E-state index in [2.05, 4.69) is 29.4 Å². The van der Waals surface area contributed by atoms with Gasteiger partial charge in [0.1, 0.15) is 0 Å². The minimum atomic E-state index is -0.685. The normalized spacial score (nSPS) is 14.8. The van der Waals surface area contributed by atoms with Gasteiger partial charge >= 0.3 is 0 Å². The third-order valence-corrected chi connectivity index (χ3v) is 3.11. The lowest BCUT2D eigenvalue weighted by molar-refractivity contribution is 0.0924. The van der Waals surface area contributed by atoms with E-state index in [9.17, 15) is 5.11 Å². The maximum absolute atomic E-state index is 9.29. The van der Waals surface area contributed by atoms with Gasteiger partial charge in [0.05, 0.1) is 12.7 Å². The van der Waals surface area contributed by atoms with Crippen LogP contribution in [-0.4, -0.2) is 40.5 Å². The van der Waals surface area contributed by atoms with Gasteiger partial charge in [-0.1, -0.05) is 18.2 Å². The molecule has 0 spiro atoms. The van der Waals surface area contributed by atoms with Gasteiger partial charge in [0.2, 0.25) is 0 Å². The molecule has 4 heteroatoms. The molecule has 0 amide bonds. The Morgan fingerprint density at radius 1 is 1.33 bits per heavy atom. The second-order valence-corrected chi connectivity index (χ2v) is 4.71. The number of nitrogens with one attached hydrogen (secondary N) is 2. The van der Waals surface area contributed by atoms with Gasteiger partial charge in [-0.25, -0.2) is 0 Å². The lowest BCUT2D eigenvalue weighted by Gasteiger charge is -2.15. The van der Waals surface area contributed by atoms with Crippen LogP contribution >= 0.6 is 0 Å². The van der Waals surface area contributed by atoms with Gasteiger partial charge in [-0.15, -0.1) is 0 Å². The van der Waals surface area contributed by atoms with Crippen LogP contribution in [0.15, 0.2) is 30.5 Å². The van der Waals surface area contributed by atoms with Crippen LogP contribution in [0.25, 0.3) is 10.9 Å². The molecule has 4 nitrogen and oxygen atoms in total. The number of aromatic nitrogens is 1. The zero-order chi connectivity index (χ0) is 13.0. The minimum absolute atomic E-state index is 0.202. The first kappa shape index (κ1) is 13.1. The van der Waals surface area contributed by atoms with Crippen molar-refractivity contribution in [1.29, 1.82) is 0 Å². The zero-order valence-corrected chi connectivity index (χ0v) is 10.6. The van der Waals surface area contributed by atoms with Crippen molar-refractivity contribution in [3.63, 3.8) is 0 Å². The highest BCUT2D eigenvalue weighted by Crippen LogP contribution is 2.18. The Kier molecular flexibility index (Phi) is 4.36. The Hall–Kier alpha value is -1.36. The van der Waals surface area contributed by atoms with Crippen LogP contribution in [0, 0.1) is 0 Å². The number of H-pyrrole nitrogens is 1. The van der Waals surface area contributed by atoms with Crippen LogP contribution in [0.3, 0.4) is 0 Å². The lowest BCUT2D eigenvalue weighted by Crippen LogP contribution is -2.36. The van der Waals surface area contributed by atoms with Crippen molar-refractivity contribution in [3.05, 3.63) is 36.0 Å². The van der Waals surface area contributed by atoms with Crippen LogP contribution in [0.4, 0.5) is 0 Å². The molecule has 2 atom stereocenters. The Balaban J connectivity index is 1.96. The van der Waals surface area contributed by atoms with E-state index in [1.54, 1.807) is 0 Å². The first-order valence-corrected chi connectivity index (χ1v) is 6.28. The molecule has 1 aromatic carbocycles. The fraction of sp³-hybridized carbons (Fsp3) is 0.429. The number of aliphatic hydroxyl groups is 2. The zero-order valence-electron chi connectivity index (χ0n) is 10.6. The number of benzene rings is 1. The molecule has 0 aliphatic rings. The molecule has 18 heavy (non-hydrogen) atoms. The average molecular weight is 248 g/mol. The van der Waals surface area contributed by atoms with Gasteiger partial charge in [-0.3, -0.25) is 0 Å². The first-order valence-electron chi connectivity index (χ1n) is 6.28. The van der Waals surface area contributed by atoms with Gasteiger partial charge < -0.3 is 20.5 Å². The van der Waals surface area contributed by atoms with E-state index in [-0.39, 0.29) is 12.6 Å². The molecule has 4 N–H and O–H groups in total. The van der Waals surface area contributed by atoms with Gasteiger partial charge in [0, 0.05) is 29.7 Å². The topological polar surface area (TPSA) is 68.3 Å². The summed E-state index contributed by atoms with van der Waals surface area (Å²) in [6.45, 7) is 2.29. The van der Waals surface area contributed by atoms with Crippen LogP contribution < -0.4 is 5.32 Å². The number of fused-ring (bicyclic) bond motifs is 1. The Labute approximate surface area is 107 Å². The fourth-order valence-corrected chi connectivity index (χ4v) is 2.10. The lowest BCUT2D eigenvalue weighted by atomic mass is 10.1. The number of aromatic amines is 1. The number of rotatable bonds is 6. The molecule has 2 rings (SSSR count). The summed E-state index contributed by atoms with van der Waals surface area (Å²) in [5, 5.41) is 22.5. The molecular weight excluding hydrogens is 228 g/mol. The second-order valence-electron chi connectivity index (χ2n) is 4.71. The van der Waals surface area contributed by atoms with Gasteiger partial charge in [-0.05, 0) is 25.0 Å². The van der Waals surface area contributed by atoms with E-state index in [1.165, 1.54) is 10.9 Å². The molecule has 0 saturated heterocycles. The van der Waals surface area contributed by atoms with Crippen molar-refractivity contribution in [2.75, 3.05) is 13.2 Å². The summed E-state index contributed by atoms with van der Waals surface area (Å²) in [5.74, 6) is 0. The van der Waals surface area contributed by atoms with Crippen molar-refractivity contribution in [2.45, 2.75) is 25.5 Å². The number of hydrogen-bond donors (Lipinski definition) is 4. The number of aliphatic hydroxyl groups excluding tert-OH is 2. The van der Waals surface area contributed by atoms with E-state index < -0.39 is 6.10 Å². The highest BCUT2D eigenvalue weighted by atomic mass is 16.3. The van der Waals surface area contributed by atoms with E-state index in [1.807, 2.05) is 18.3 Å². The van der Waals surface area contributed by atoms with Crippen LogP contribution in [0.1, 0.15) is 12.5 Å². The molecule has 98 valence electrons. The SMILES string of the molecule is CC(Cc1c[nH]c2ccccc12)NC[C@H](O)CO. The Morgan fingerprint density at radius 2 is 2.11 bits per heavy atom. The number of para-hydroxylation sites is 1. The summed E-state index contributed by atoms with van der Waals surface area (Å²) in [4.78, 5) is 3.25. The summed E-state index contributed by atoms with van der Waals surface area (Å²) in [6, 6.07) is 8.48. The maximum Gasteiger partial charge on any atom is 0.0895 e. The third-order valence-electron chi connectivity index (χ3n) is 3.11. The van der Waals surface area contributed by atoms with E-state index in [0.717, 1.165) is 11.9 Å². The predicted molar refractivity (Wildman–Crippen MR) is 72.6 cm³/mol. The monoisotopic (exact) mass is 248 g/mol. The van der Waals surface area contributed by atoms with Crippen LogP contribution in [-0.2, 0) is 6.42 Å². The van der Waals surface area contributed by atoms with E-state index in [0.29, 0.717) is 6.54 Å². The van der Waals surface area contributed by atoms with Crippen molar-refractivity contribution in [1.82, 2.24) is 10.3 Å². The number of hydrogen-bond acceptors (Lipinski definition) is 3.